The number of Topliss-reactive ketones (excluding diaryl/α,β-unsaturated/α-hetero) is 1. The average molecular weight is 1350 g/mol. The maximum atomic E-state index is 15.4. The molecule has 532 valence electrons. The first-order chi connectivity index (χ1) is 47.5. The number of rotatable bonds is 22. The van der Waals surface area contributed by atoms with Gasteiger partial charge in [-0.15, -0.1) is 0 Å². The summed E-state index contributed by atoms with van der Waals surface area (Å²) in [5.41, 5.74) is 4.24. The molecule has 1 spiro atoms. The van der Waals surface area contributed by atoms with Crippen LogP contribution < -0.4 is 0 Å². The highest BCUT2D eigenvalue weighted by atomic mass is 16.8. The van der Waals surface area contributed by atoms with Crippen LogP contribution in [0.25, 0.3) is 0 Å². The molecule has 0 aliphatic carbocycles. The molecule has 0 saturated carbocycles. The molecule has 5 aromatic rings. The van der Waals surface area contributed by atoms with Crippen LogP contribution in [0.5, 0.6) is 0 Å². The van der Waals surface area contributed by atoms with Crippen molar-refractivity contribution in [1.29, 1.82) is 0 Å². The van der Waals surface area contributed by atoms with Crippen molar-refractivity contribution in [3.63, 3.8) is 0 Å². The Labute approximate surface area is 580 Å². The lowest BCUT2D eigenvalue weighted by Crippen LogP contribution is -2.63. The molecule has 8 heterocycles. The van der Waals surface area contributed by atoms with Gasteiger partial charge in [-0.05, 0) is 80.7 Å². The first-order valence-electron chi connectivity index (χ1n) is 36.5. The van der Waals surface area contributed by atoms with Crippen molar-refractivity contribution < 1.29 is 80.6 Å². The second kappa shape index (κ2) is 32.2. The molecule has 8 fully saturated rings. The summed E-state index contributed by atoms with van der Waals surface area (Å²) in [5.74, 6) is -2.49. The van der Waals surface area contributed by atoms with E-state index in [1.54, 1.807) is 0 Å². The summed E-state index contributed by atoms with van der Waals surface area (Å²) in [4.78, 5) is 15.4. The summed E-state index contributed by atoms with van der Waals surface area (Å²) in [6.45, 7) is 21.7. The Morgan fingerprint density at radius 1 is 0.520 bits per heavy atom. The molecule has 98 heavy (non-hydrogen) atoms. The van der Waals surface area contributed by atoms with Gasteiger partial charge in [-0.2, -0.15) is 0 Å². The Balaban J connectivity index is 0.817. The van der Waals surface area contributed by atoms with Gasteiger partial charge in [-0.25, -0.2) is 0 Å². The van der Waals surface area contributed by atoms with Gasteiger partial charge >= 0.3 is 0 Å². The molecule has 0 amide bonds. The summed E-state index contributed by atoms with van der Waals surface area (Å²) in [5, 5.41) is 0. The van der Waals surface area contributed by atoms with Crippen LogP contribution in [0, 0.1) is 23.7 Å². The molecule has 17 heteroatoms. The molecule has 24 atom stereocenters. The van der Waals surface area contributed by atoms with E-state index in [9.17, 15) is 0 Å². The van der Waals surface area contributed by atoms with E-state index in [0.29, 0.717) is 84.8 Å². The predicted octanol–water partition coefficient (Wildman–Crippen LogP) is 13.4. The number of ketones is 1. The van der Waals surface area contributed by atoms with Crippen LogP contribution in [0.4, 0.5) is 0 Å². The minimum absolute atomic E-state index is 0.00294. The number of benzene rings is 5. The van der Waals surface area contributed by atoms with E-state index in [1.165, 1.54) is 0 Å². The van der Waals surface area contributed by atoms with E-state index < -0.39 is 109 Å². The molecular weight excluding hydrogens is 1240 g/mol. The number of hydrogen-bond donors (Lipinski definition) is 0. The summed E-state index contributed by atoms with van der Waals surface area (Å²) < 4.78 is 114. The molecule has 13 rings (SSSR count). The van der Waals surface area contributed by atoms with E-state index in [-0.39, 0.29) is 67.2 Å². The molecule has 8 saturated heterocycles. The van der Waals surface area contributed by atoms with E-state index in [1.807, 2.05) is 119 Å². The zero-order chi connectivity index (χ0) is 68.0. The highest BCUT2D eigenvalue weighted by molar-refractivity contribution is 5.83. The Bertz CT molecular complexity index is 3260. The fraction of sp³-hybridized carbons (Fsp3) is 0.617. The van der Waals surface area contributed by atoms with Crippen LogP contribution in [0.1, 0.15) is 141 Å². The molecule has 0 bridgehead atoms. The third-order valence-corrected chi connectivity index (χ3v) is 22.2. The first-order valence-corrected chi connectivity index (χ1v) is 36.5. The molecule has 5 aromatic carbocycles. The first kappa shape index (κ1) is 71.5. The second-order valence-electron chi connectivity index (χ2n) is 29.8. The number of carbonyl (C=O) groups excluding carboxylic acids is 1. The standard InChI is InChI=1S/C81H106O17/c1-10-84-55(6)90-75-53(4)76(88-48-60-34-24-15-25-35-60)78-77(52(3)54(5)81(98-78)43-61(49-89-81)85-45-57-28-18-12-19-29-57)94-71(75)38-63-62(82)36-51(2)37-68-67(91-63)42-74-80(9,97-68)73(87-47-59-32-22-14-23-33-59)41-66-65(93-74)40-70-69(95-79(7,8)96-70)39-64(86-46-58-30-20-13-21-31-58)72(92-66)50-83-44-56-26-16-11-17-27-56/h11-35,51-55,61,63-78H,10,36-50H2,1-9H3/t51-,52+,53-,54+,55?,61+,63-,64-,65+,66-,67+,68-,69+,70-,71+,72+,73-,74-,75-,76+,77-,78+,80+,81-/m1/s1. The normalized spacial score (nSPS) is 38.2. The van der Waals surface area contributed by atoms with Crippen molar-refractivity contribution in [1.82, 2.24) is 0 Å². The smallest absolute Gasteiger partial charge is 0.174 e. The van der Waals surface area contributed by atoms with Crippen molar-refractivity contribution >= 4 is 5.78 Å². The predicted molar refractivity (Wildman–Crippen MR) is 366 cm³/mol. The number of carbonyl (C=O) groups is 1. The van der Waals surface area contributed by atoms with Crippen LogP contribution >= 0.6 is 0 Å². The van der Waals surface area contributed by atoms with E-state index in [0.717, 1.165) is 27.8 Å². The summed E-state index contributed by atoms with van der Waals surface area (Å²) in [7, 11) is 0. The lowest BCUT2D eigenvalue weighted by Gasteiger charge is -2.52. The van der Waals surface area contributed by atoms with Gasteiger partial charge in [-0.3, -0.25) is 4.79 Å². The van der Waals surface area contributed by atoms with Gasteiger partial charge < -0.3 is 75.8 Å². The quantitative estimate of drug-likeness (QED) is 0.0600. The van der Waals surface area contributed by atoms with E-state index in [2.05, 4.69) is 95.3 Å². The lowest BCUT2D eigenvalue weighted by molar-refractivity contribution is -0.341. The summed E-state index contributed by atoms with van der Waals surface area (Å²) in [6.07, 6.45) is -6.31. The third kappa shape index (κ3) is 16.9. The van der Waals surface area contributed by atoms with Gasteiger partial charge in [-0.1, -0.05) is 179 Å². The van der Waals surface area contributed by atoms with Crippen molar-refractivity contribution in [2.45, 2.75) is 274 Å². The molecule has 17 nitrogen and oxygen atoms in total. The maximum absolute atomic E-state index is 15.4. The summed E-state index contributed by atoms with van der Waals surface area (Å²) >= 11 is 0. The molecule has 0 aromatic heterocycles. The summed E-state index contributed by atoms with van der Waals surface area (Å²) in [6, 6.07) is 51.1. The largest absolute Gasteiger partial charge is 0.374 e. The highest BCUT2D eigenvalue weighted by Crippen LogP contribution is 2.52. The molecular formula is C81H106O17. The van der Waals surface area contributed by atoms with Gasteiger partial charge in [0.2, 0.25) is 0 Å². The molecule has 0 N–H and O–H groups in total. The maximum Gasteiger partial charge on any atom is 0.174 e. The molecule has 1 unspecified atom stereocenters. The van der Waals surface area contributed by atoms with E-state index in [4.69, 9.17) is 75.8 Å². The van der Waals surface area contributed by atoms with Crippen LogP contribution in [-0.4, -0.2) is 153 Å². The molecule has 8 aliphatic rings. The van der Waals surface area contributed by atoms with E-state index >= 15 is 4.79 Å². The van der Waals surface area contributed by atoms with Gasteiger partial charge in [0.15, 0.2) is 23.6 Å². The van der Waals surface area contributed by atoms with Crippen molar-refractivity contribution in [3.05, 3.63) is 179 Å². The van der Waals surface area contributed by atoms with Crippen molar-refractivity contribution in [3.8, 4) is 0 Å². The lowest BCUT2D eigenvalue weighted by atomic mass is 9.75. The molecule has 0 radical (unpaired) electrons. The van der Waals surface area contributed by atoms with Gasteiger partial charge in [0.1, 0.15) is 23.9 Å². The van der Waals surface area contributed by atoms with Crippen LogP contribution in [0.2, 0.25) is 0 Å². The fourth-order valence-corrected chi connectivity index (χ4v) is 16.8. The Morgan fingerprint density at radius 2 is 1.07 bits per heavy atom. The fourth-order valence-electron chi connectivity index (χ4n) is 16.8. The zero-order valence-corrected chi connectivity index (χ0v) is 58.9. The number of hydrogen-bond acceptors (Lipinski definition) is 17. The monoisotopic (exact) mass is 1350 g/mol. The minimum atomic E-state index is -1.02. The second-order valence-corrected chi connectivity index (χ2v) is 29.8. The van der Waals surface area contributed by atoms with Gasteiger partial charge in [0.05, 0.1) is 132 Å². The van der Waals surface area contributed by atoms with Crippen molar-refractivity contribution in [2.75, 3.05) is 19.8 Å². The Hall–Kier alpha value is -4.87. The van der Waals surface area contributed by atoms with Crippen LogP contribution in [-0.2, 0) is 114 Å². The zero-order valence-electron chi connectivity index (χ0n) is 58.9. The van der Waals surface area contributed by atoms with Crippen LogP contribution in [0.3, 0.4) is 0 Å². The third-order valence-electron chi connectivity index (χ3n) is 22.2. The molecule has 8 aliphatic heterocycles. The SMILES string of the molecule is CCOC(C)O[C@@H]1[C@@H](C)[C@H](OCc2ccccc2)[C@@H]2O[C@]3(C[C@H](OCc4ccccc4)CO3)[C@@H](C)[C@H](C)[C@H]2O[C@H]1C[C@H]1O[C@H]2C[C@H]3O[C@H]4C[C@H]5OC(C)(C)O[C@H]5C[C@@H](OCc5ccccc5)[C@H](COCc5ccccc5)O[C@@H]4C[C@@H](OCc4ccccc4)[C@]3(C)O[C@@H]2C[C@H](C)CC1=O. The van der Waals surface area contributed by atoms with Gasteiger partial charge in [0, 0.05) is 63.4 Å². The highest BCUT2D eigenvalue weighted by Gasteiger charge is 2.63. The number of fused-ring (bicyclic) bond motifs is 5. The van der Waals surface area contributed by atoms with Crippen molar-refractivity contribution in [2.24, 2.45) is 23.7 Å². The number of ether oxygens (including phenoxy) is 16. The Morgan fingerprint density at radius 3 is 1.69 bits per heavy atom. The minimum Gasteiger partial charge on any atom is -0.374 e. The van der Waals surface area contributed by atoms with Gasteiger partial charge in [0.25, 0.3) is 0 Å². The topological polar surface area (TPSA) is 165 Å². The Kier molecular flexibility index (Phi) is 23.5. The average Bonchev–Trinajstić information content (AvgIpc) is 1.53. The van der Waals surface area contributed by atoms with Crippen LogP contribution in [0.15, 0.2) is 152 Å².